The molecule has 4 heteroatoms. The fourth-order valence-electron chi connectivity index (χ4n) is 2.68. The van der Waals surface area contributed by atoms with Crippen molar-refractivity contribution in [3.05, 3.63) is 59.9 Å². The molecule has 1 aromatic carbocycles. The van der Waals surface area contributed by atoms with E-state index in [1.807, 2.05) is 41.6 Å². The smallest absolute Gasteiger partial charge is 0.227 e. The van der Waals surface area contributed by atoms with Crippen LogP contribution in [0.25, 0.3) is 0 Å². The van der Waals surface area contributed by atoms with Crippen LogP contribution in [0.3, 0.4) is 0 Å². The minimum absolute atomic E-state index is 0.205. The van der Waals surface area contributed by atoms with Crippen LogP contribution < -0.4 is 4.90 Å². The summed E-state index contributed by atoms with van der Waals surface area (Å²) in [6.07, 6.45) is 5.12. The number of rotatable bonds is 4. The van der Waals surface area contributed by atoms with Crippen molar-refractivity contribution in [2.45, 2.75) is 12.8 Å². The molecular weight excluding hydrogens is 280 g/mol. The highest BCUT2D eigenvalue weighted by molar-refractivity contribution is 7.80. The van der Waals surface area contributed by atoms with Gasteiger partial charge in [0.05, 0.1) is 0 Å². The third-order valence-electron chi connectivity index (χ3n) is 3.87. The molecule has 108 valence electrons. The Morgan fingerprint density at radius 1 is 1.10 bits per heavy atom. The Morgan fingerprint density at radius 2 is 1.76 bits per heavy atom. The molecule has 1 atom stereocenters. The van der Waals surface area contributed by atoms with E-state index in [-0.39, 0.29) is 5.91 Å². The molecule has 1 saturated heterocycles. The van der Waals surface area contributed by atoms with Gasteiger partial charge in [-0.15, -0.1) is 0 Å². The average Bonchev–Trinajstić information content (AvgIpc) is 2.90. The van der Waals surface area contributed by atoms with Crippen LogP contribution >= 0.6 is 12.6 Å². The summed E-state index contributed by atoms with van der Waals surface area (Å²) in [6.45, 7) is 0.784. The van der Waals surface area contributed by atoms with Gasteiger partial charge in [0.2, 0.25) is 5.91 Å². The summed E-state index contributed by atoms with van der Waals surface area (Å²) >= 11 is 4.30. The minimum Gasteiger partial charge on any atom is -0.312 e. The van der Waals surface area contributed by atoms with E-state index in [1.165, 1.54) is 11.1 Å². The van der Waals surface area contributed by atoms with Crippen molar-refractivity contribution < 1.29 is 4.79 Å². The van der Waals surface area contributed by atoms with Crippen LogP contribution in [0.2, 0.25) is 0 Å². The topological polar surface area (TPSA) is 33.2 Å². The fraction of sp³-hybridized carbons (Fsp3) is 0.294. The quantitative estimate of drug-likeness (QED) is 0.880. The Bertz CT molecular complexity index is 612. The molecule has 1 fully saturated rings. The van der Waals surface area contributed by atoms with Crippen LogP contribution in [-0.2, 0) is 11.2 Å². The molecule has 0 bridgehead atoms. The van der Waals surface area contributed by atoms with Crippen molar-refractivity contribution in [1.29, 1.82) is 0 Å². The van der Waals surface area contributed by atoms with Gasteiger partial charge in [0.25, 0.3) is 0 Å². The Hall–Kier alpha value is -1.81. The summed E-state index contributed by atoms with van der Waals surface area (Å²) in [7, 11) is 0. The lowest BCUT2D eigenvalue weighted by Gasteiger charge is -2.17. The van der Waals surface area contributed by atoms with Crippen molar-refractivity contribution in [1.82, 2.24) is 4.98 Å². The highest BCUT2D eigenvalue weighted by atomic mass is 32.1. The summed E-state index contributed by atoms with van der Waals surface area (Å²) in [5.74, 6) is 1.34. The SMILES string of the molecule is O=C1CC(CS)CN1c1ccc(Cc2ccncc2)cc1. The highest BCUT2D eigenvalue weighted by Crippen LogP contribution is 2.26. The van der Waals surface area contributed by atoms with E-state index in [4.69, 9.17) is 0 Å². The van der Waals surface area contributed by atoms with Gasteiger partial charge in [0, 0.05) is 31.0 Å². The number of hydrogen-bond donors (Lipinski definition) is 1. The lowest BCUT2D eigenvalue weighted by Crippen LogP contribution is -2.24. The molecule has 3 rings (SSSR count). The van der Waals surface area contributed by atoms with Crippen LogP contribution in [0.4, 0.5) is 5.69 Å². The number of benzene rings is 1. The zero-order chi connectivity index (χ0) is 14.7. The second kappa shape index (κ2) is 6.31. The molecule has 1 unspecified atom stereocenters. The predicted molar refractivity (Wildman–Crippen MR) is 87.8 cm³/mol. The molecule has 21 heavy (non-hydrogen) atoms. The van der Waals surface area contributed by atoms with Crippen LogP contribution in [0, 0.1) is 5.92 Å². The molecule has 3 nitrogen and oxygen atoms in total. The molecule has 0 spiro atoms. The van der Waals surface area contributed by atoms with Gasteiger partial charge >= 0.3 is 0 Å². The Kier molecular flexibility index (Phi) is 4.25. The van der Waals surface area contributed by atoms with Gasteiger partial charge in [0.1, 0.15) is 0 Å². The van der Waals surface area contributed by atoms with E-state index >= 15 is 0 Å². The number of anilines is 1. The maximum absolute atomic E-state index is 12.0. The number of pyridine rings is 1. The van der Waals surface area contributed by atoms with Gasteiger partial charge in [-0.05, 0) is 53.5 Å². The maximum Gasteiger partial charge on any atom is 0.227 e. The first-order valence-corrected chi connectivity index (χ1v) is 7.78. The molecule has 1 aliphatic heterocycles. The third-order valence-corrected chi connectivity index (χ3v) is 4.39. The van der Waals surface area contributed by atoms with Gasteiger partial charge < -0.3 is 4.90 Å². The number of amides is 1. The largest absolute Gasteiger partial charge is 0.312 e. The number of carbonyl (C=O) groups excluding carboxylic acids is 1. The zero-order valence-corrected chi connectivity index (χ0v) is 12.7. The summed E-state index contributed by atoms with van der Waals surface area (Å²) in [5, 5.41) is 0. The molecule has 1 aliphatic rings. The van der Waals surface area contributed by atoms with Crippen molar-refractivity contribution in [2.24, 2.45) is 5.92 Å². The van der Waals surface area contributed by atoms with Gasteiger partial charge in [0.15, 0.2) is 0 Å². The predicted octanol–water partition coefficient (Wildman–Crippen LogP) is 2.96. The van der Waals surface area contributed by atoms with E-state index in [1.54, 1.807) is 0 Å². The molecule has 1 aromatic heterocycles. The highest BCUT2D eigenvalue weighted by Gasteiger charge is 2.29. The monoisotopic (exact) mass is 298 g/mol. The standard InChI is InChI=1S/C17H18N2OS/c20-17-10-15(12-21)11-19(17)16-3-1-13(2-4-16)9-14-5-7-18-8-6-14/h1-8,15,21H,9-12H2. The summed E-state index contributed by atoms with van der Waals surface area (Å²) in [4.78, 5) is 17.9. The van der Waals surface area contributed by atoms with Gasteiger partial charge in [-0.1, -0.05) is 12.1 Å². The molecule has 2 aromatic rings. The molecule has 1 amide bonds. The Balaban J connectivity index is 1.71. The first kappa shape index (κ1) is 14.1. The number of carbonyl (C=O) groups is 1. The number of aromatic nitrogens is 1. The van der Waals surface area contributed by atoms with Crippen LogP contribution in [-0.4, -0.2) is 23.2 Å². The molecule has 0 radical (unpaired) electrons. The molecule has 2 heterocycles. The Morgan fingerprint density at radius 3 is 2.38 bits per heavy atom. The third kappa shape index (κ3) is 3.27. The van der Waals surface area contributed by atoms with Crippen molar-refractivity contribution in [3.63, 3.8) is 0 Å². The van der Waals surface area contributed by atoms with Crippen molar-refractivity contribution in [2.75, 3.05) is 17.2 Å². The van der Waals surface area contributed by atoms with Gasteiger partial charge in [-0.2, -0.15) is 12.6 Å². The van der Waals surface area contributed by atoms with Crippen LogP contribution in [0.1, 0.15) is 17.5 Å². The van der Waals surface area contributed by atoms with Gasteiger partial charge in [-0.25, -0.2) is 0 Å². The lowest BCUT2D eigenvalue weighted by atomic mass is 10.1. The molecular formula is C17H18N2OS. The number of hydrogen-bond acceptors (Lipinski definition) is 3. The van der Waals surface area contributed by atoms with Crippen LogP contribution in [0.15, 0.2) is 48.8 Å². The second-order valence-electron chi connectivity index (χ2n) is 5.46. The lowest BCUT2D eigenvalue weighted by molar-refractivity contribution is -0.117. The maximum atomic E-state index is 12.0. The fourth-order valence-corrected chi connectivity index (χ4v) is 2.93. The first-order valence-electron chi connectivity index (χ1n) is 7.15. The van der Waals surface area contributed by atoms with E-state index in [0.717, 1.165) is 24.4 Å². The first-order chi connectivity index (χ1) is 10.3. The van der Waals surface area contributed by atoms with E-state index < -0.39 is 0 Å². The van der Waals surface area contributed by atoms with Crippen molar-refractivity contribution >= 4 is 24.2 Å². The van der Waals surface area contributed by atoms with E-state index in [0.29, 0.717) is 12.3 Å². The van der Waals surface area contributed by atoms with Crippen LogP contribution in [0.5, 0.6) is 0 Å². The van der Waals surface area contributed by atoms with E-state index in [2.05, 4.69) is 29.7 Å². The second-order valence-corrected chi connectivity index (χ2v) is 5.82. The molecule has 0 saturated carbocycles. The molecule has 0 N–H and O–H groups in total. The van der Waals surface area contributed by atoms with Gasteiger partial charge in [-0.3, -0.25) is 9.78 Å². The summed E-state index contributed by atoms with van der Waals surface area (Å²) in [6, 6.07) is 12.3. The normalized spacial score (nSPS) is 18.2. The van der Waals surface area contributed by atoms with Crippen molar-refractivity contribution in [3.8, 4) is 0 Å². The zero-order valence-electron chi connectivity index (χ0n) is 11.8. The van der Waals surface area contributed by atoms with E-state index in [9.17, 15) is 4.79 Å². The number of nitrogens with zero attached hydrogens (tertiary/aromatic N) is 2. The Labute approximate surface area is 130 Å². The number of thiol groups is 1. The average molecular weight is 298 g/mol. The summed E-state index contributed by atoms with van der Waals surface area (Å²) in [5.41, 5.74) is 3.47. The summed E-state index contributed by atoms with van der Waals surface area (Å²) < 4.78 is 0. The minimum atomic E-state index is 0.205. The molecule has 0 aliphatic carbocycles.